The molecule has 0 spiro atoms. The van der Waals surface area contributed by atoms with Gasteiger partial charge in [0.25, 0.3) is 0 Å². The van der Waals surface area contributed by atoms with Crippen molar-refractivity contribution in [3.8, 4) is 0 Å². The second-order valence-electron chi connectivity index (χ2n) is 22.8. The van der Waals surface area contributed by atoms with E-state index in [0.29, 0.717) is 51.6 Å². The van der Waals surface area contributed by atoms with Crippen LogP contribution in [0.25, 0.3) is 0 Å². The molecule has 0 atom stereocenters. The largest absolute Gasteiger partial charge is 0.481 e. The zero-order chi connectivity index (χ0) is 71.4. The highest BCUT2D eigenvalue weighted by molar-refractivity contribution is 5.92. The summed E-state index contributed by atoms with van der Waals surface area (Å²) < 4.78 is 49.8. The van der Waals surface area contributed by atoms with Crippen LogP contribution in [0.3, 0.4) is 0 Å². The fourth-order valence-electron chi connectivity index (χ4n) is 7.03. The number of alkyl carbamates (subject to hydrolysis) is 2. The zero-order valence-electron chi connectivity index (χ0n) is 57.9. The first-order valence-electron chi connectivity index (χ1n) is 31.0. The molecule has 1 saturated heterocycles. The highest BCUT2D eigenvalue weighted by Crippen LogP contribution is 2.18. The van der Waals surface area contributed by atoms with Crippen LogP contribution in [0.2, 0.25) is 0 Å². The number of amides is 4. The quantitative estimate of drug-likeness (QED) is 0.00902. The molecule has 0 aliphatic carbocycles. The molecule has 0 unspecified atom stereocenters. The van der Waals surface area contributed by atoms with E-state index >= 15 is 0 Å². The number of unbranched alkanes of at least 4 members (excludes halogenated alkanes) is 6. The van der Waals surface area contributed by atoms with Gasteiger partial charge in [0.05, 0.1) is 26.5 Å². The summed E-state index contributed by atoms with van der Waals surface area (Å²) in [5.74, 6) is -2.53. The van der Waals surface area contributed by atoms with Crippen molar-refractivity contribution < 1.29 is 95.6 Å². The molecule has 2 aromatic rings. The number of carboxylic acid groups (broad SMARTS) is 1. The number of methoxy groups -OCH3 is 4. The van der Waals surface area contributed by atoms with Gasteiger partial charge in [0.1, 0.15) is 38.6 Å². The van der Waals surface area contributed by atoms with E-state index in [1.165, 1.54) is 79.2 Å². The van der Waals surface area contributed by atoms with E-state index in [0.717, 1.165) is 43.2 Å². The summed E-state index contributed by atoms with van der Waals surface area (Å²) in [6.45, 7) is 32.7. The highest BCUT2D eigenvalue weighted by Gasteiger charge is 2.33. The number of nitrogens with zero attached hydrogens (tertiary/aromatic N) is 1. The van der Waals surface area contributed by atoms with Gasteiger partial charge >= 0.3 is 42.0 Å². The average Bonchev–Trinajstić information content (AvgIpc) is 1.58. The lowest BCUT2D eigenvalue weighted by Gasteiger charge is -2.22. The Morgan fingerprint density at radius 3 is 1.20 bits per heavy atom. The summed E-state index contributed by atoms with van der Waals surface area (Å²) in [6, 6.07) is 16.2. The number of esters is 4. The standard InChI is InChI=1S/C30H44N2O12.C17H20N2O2.C10H20N2O2.C7H14O4.C4H10/c1-19(2)25(33)39-15-23(16-40-26(34)20(3)4)43-29(37)31-13-11-9-10-12-14-32-30(38)44-24(17-41-27(35)21(5)6)18-42-28(36)22(7)8;1-13(20)19-17-9-5-15(6-10-17)11-14-3-7-16(8-4-14)18-12-21-2;1-14-9-11-6-4-2-3-5-7-12-8-10(12)13;1-7(4-10-2,5-11-3)6(8)9;1-4(2)3/h23-24H,1,3,5,7,9-18H2,2,4,6,8H3,(H,31,37)(H,32,38);3-10,18H,11-12H2,1-2H3,(H,19,20);11H,2-9H2,1H3;4-5H2,1-3H3,(H,8,9);4H,1-3H3. The highest BCUT2D eigenvalue weighted by atomic mass is 16.6. The first-order chi connectivity index (χ1) is 44.4. The molecular weight excluding hydrogens is 1220 g/mol. The second kappa shape index (κ2) is 53.2. The molecule has 6 N–H and O–H groups in total. The van der Waals surface area contributed by atoms with Gasteiger partial charge in [-0.1, -0.05) is 97.0 Å². The van der Waals surface area contributed by atoms with Gasteiger partial charge in [-0.3, -0.25) is 19.7 Å². The lowest BCUT2D eigenvalue weighted by molar-refractivity contribution is -0.155. The predicted molar refractivity (Wildman–Crippen MR) is 359 cm³/mol. The van der Waals surface area contributed by atoms with E-state index in [9.17, 15) is 43.2 Å². The molecule has 1 aliphatic rings. The number of benzene rings is 2. The van der Waals surface area contributed by atoms with Gasteiger partial charge in [0.2, 0.25) is 11.8 Å². The molecule has 26 heteroatoms. The number of carbonyl (C=O) groups excluding carboxylic acids is 8. The Balaban J connectivity index is 0. The SMILES string of the molecule is C=C(C)C(=O)OCC(COC(=O)C(=C)C)OC(=O)NCCCCCCNC(=O)OC(COC(=O)C(=C)C)COC(=O)C(=C)C.CC(C)C.COCC(C)(COC)C(=O)O.COCNCCCCCCN1CC1=O.COCNc1ccc(Cc2ccc(NC(C)=O)cc2)cc1. The van der Waals surface area contributed by atoms with Crippen LogP contribution >= 0.6 is 0 Å². The van der Waals surface area contributed by atoms with Crippen LogP contribution in [-0.4, -0.2) is 190 Å². The van der Waals surface area contributed by atoms with Crippen molar-refractivity contribution in [2.75, 3.05) is 125 Å². The van der Waals surface area contributed by atoms with E-state index in [-0.39, 0.29) is 80.9 Å². The van der Waals surface area contributed by atoms with Crippen molar-refractivity contribution in [2.24, 2.45) is 11.3 Å². The van der Waals surface area contributed by atoms with E-state index in [1.807, 2.05) is 41.3 Å². The minimum absolute atomic E-state index is 0.0538. The van der Waals surface area contributed by atoms with Crippen LogP contribution in [0.5, 0.6) is 0 Å². The summed E-state index contributed by atoms with van der Waals surface area (Å²) in [5, 5.41) is 23.0. The minimum Gasteiger partial charge on any atom is -0.481 e. The Morgan fingerprint density at radius 2 is 0.883 bits per heavy atom. The molecule has 0 saturated carbocycles. The fourth-order valence-corrected chi connectivity index (χ4v) is 7.03. The number of hydrogen-bond acceptors (Lipinski definition) is 21. The van der Waals surface area contributed by atoms with Crippen LogP contribution in [0, 0.1) is 11.3 Å². The minimum atomic E-state index is -1.04. The van der Waals surface area contributed by atoms with E-state index in [2.05, 4.69) is 85.8 Å². The summed E-state index contributed by atoms with van der Waals surface area (Å²) in [7, 11) is 6.29. The Hall–Kier alpha value is -8.17. The van der Waals surface area contributed by atoms with Crippen molar-refractivity contribution in [3.63, 3.8) is 0 Å². The van der Waals surface area contributed by atoms with Gasteiger partial charge < -0.3 is 78.6 Å². The molecular formula is C68H108N6O20. The third kappa shape index (κ3) is 48.6. The van der Waals surface area contributed by atoms with E-state index in [4.69, 9.17) is 52.5 Å². The van der Waals surface area contributed by atoms with Gasteiger partial charge in [-0.2, -0.15) is 0 Å². The lowest BCUT2D eigenvalue weighted by Crippen LogP contribution is -2.36. The fraction of sp³-hybridized carbons (Fsp3) is 0.574. The van der Waals surface area contributed by atoms with Gasteiger partial charge in [-0.05, 0) is 115 Å². The molecule has 2 aromatic carbocycles. The Bertz CT molecular complexity index is 2460. The zero-order valence-corrected chi connectivity index (χ0v) is 57.9. The van der Waals surface area contributed by atoms with Gasteiger partial charge in [-0.15, -0.1) is 0 Å². The van der Waals surface area contributed by atoms with Crippen LogP contribution in [0.15, 0.2) is 97.1 Å². The maximum Gasteiger partial charge on any atom is 0.407 e. The van der Waals surface area contributed by atoms with Crippen LogP contribution in [-0.2, 0) is 87.4 Å². The number of carboxylic acids is 1. The van der Waals surface area contributed by atoms with Crippen molar-refractivity contribution >= 4 is 65.2 Å². The number of aliphatic carboxylic acids is 1. The number of anilines is 2. The van der Waals surface area contributed by atoms with E-state index < -0.39 is 59.7 Å². The number of carbonyl (C=O) groups is 9. The molecule has 3 rings (SSSR count). The maximum absolute atomic E-state index is 12.2. The molecule has 1 aliphatic heterocycles. The summed E-state index contributed by atoms with van der Waals surface area (Å²) in [6.07, 6.45) is 4.64. The number of rotatable bonds is 41. The smallest absolute Gasteiger partial charge is 0.407 e. The molecule has 0 bridgehead atoms. The van der Waals surface area contributed by atoms with Gasteiger partial charge in [0, 0.05) is 88.7 Å². The Labute approximate surface area is 556 Å². The number of nitrogens with one attached hydrogen (secondary N) is 5. The number of ether oxygens (including phenoxy) is 10. The van der Waals surface area contributed by atoms with Gasteiger partial charge in [-0.25, -0.2) is 28.8 Å². The molecule has 94 heavy (non-hydrogen) atoms. The first kappa shape index (κ1) is 87.9. The molecule has 4 amide bonds. The second-order valence-corrected chi connectivity index (χ2v) is 22.8. The maximum atomic E-state index is 12.2. The predicted octanol–water partition coefficient (Wildman–Crippen LogP) is 9.08. The monoisotopic (exact) mass is 1330 g/mol. The summed E-state index contributed by atoms with van der Waals surface area (Å²) in [4.78, 5) is 105. The molecule has 530 valence electrons. The third-order valence-corrected chi connectivity index (χ3v) is 12.0. The molecule has 1 heterocycles. The number of hydrogen-bond donors (Lipinski definition) is 6. The van der Waals surface area contributed by atoms with Crippen molar-refractivity contribution in [2.45, 2.75) is 132 Å². The van der Waals surface area contributed by atoms with Crippen LogP contribution in [0.1, 0.15) is 125 Å². The third-order valence-electron chi connectivity index (χ3n) is 12.0. The summed E-state index contributed by atoms with van der Waals surface area (Å²) >= 11 is 0. The summed E-state index contributed by atoms with van der Waals surface area (Å²) in [5.41, 5.74) is 4.03. The topological polar surface area (TPSA) is 329 Å². The molecule has 0 aromatic heterocycles. The molecule has 0 radical (unpaired) electrons. The first-order valence-corrected chi connectivity index (χ1v) is 31.0. The Kier molecular flexibility index (Phi) is 49.8. The van der Waals surface area contributed by atoms with Crippen molar-refractivity contribution in [3.05, 3.63) is 108 Å². The van der Waals surface area contributed by atoms with Crippen LogP contribution < -0.4 is 26.6 Å². The lowest BCUT2D eigenvalue weighted by atomic mass is 9.93. The van der Waals surface area contributed by atoms with Crippen LogP contribution in [0.4, 0.5) is 21.0 Å². The Morgan fingerprint density at radius 1 is 0.532 bits per heavy atom. The van der Waals surface area contributed by atoms with Crippen molar-refractivity contribution in [1.29, 1.82) is 0 Å². The normalized spacial score (nSPS) is 11.0. The average molecular weight is 1330 g/mol. The van der Waals surface area contributed by atoms with Crippen molar-refractivity contribution in [1.82, 2.24) is 20.9 Å². The van der Waals surface area contributed by atoms with Gasteiger partial charge in [0.15, 0.2) is 12.2 Å². The molecule has 26 nitrogen and oxygen atoms in total. The van der Waals surface area contributed by atoms with E-state index in [1.54, 1.807) is 21.1 Å². The molecule has 1 fully saturated rings.